The lowest BCUT2D eigenvalue weighted by Gasteiger charge is -2.11. The fourth-order valence-corrected chi connectivity index (χ4v) is 5.09. The number of halogens is 1. The van der Waals surface area contributed by atoms with Crippen molar-refractivity contribution in [2.75, 3.05) is 0 Å². The Hall–Kier alpha value is -4.76. The molecule has 3 heteroatoms. The summed E-state index contributed by atoms with van der Waals surface area (Å²) in [7, 11) is 0. The van der Waals surface area contributed by atoms with Gasteiger partial charge >= 0.3 is 0 Å². The van der Waals surface area contributed by atoms with Crippen molar-refractivity contribution in [2.24, 2.45) is 0 Å². The van der Waals surface area contributed by atoms with Crippen LogP contribution in [0.3, 0.4) is 0 Å². The maximum absolute atomic E-state index is 14.5. The average Bonchev–Trinajstić information content (AvgIpc) is 3.38. The van der Waals surface area contributed by atoms with Crippen LogP contribution in [0.15, 0.2) is 126 Å². The van der Waals surface area contributed by atoms with E-state index in [2.05, 4.69) is 42.5 Å². The summed E-state index contributed by atoms with van der Waals surface area (Å²) in [6.45, 7) is 0. The number of rotatable bonds is 3. The molecule has 0 bridgehead atoms. The Bertz CT molecular complexity index is 1890. The summed E-state index contributed by atoms with van der Waals surface area (Å²) in [6, 6.07) is 37.8. The van der Waals surface area contributed by atoms with Gasteiger partial charge in [-0.05, 0) is 52.2 Å². The molecule has 5 aromatic carbocycles. The zero-order valence-electron chi connectivity index (χ0n) is 19.3. The lowest BCUT2D eigenvalue weighted by Crippen LogP contribution is -1.90. The molecule has 0 saturated heterocycles. The highest BCUT2D eigenvalue weighted by Gasteiger charge is 2.16. The van der Waals surface area contributed by atoms with E-state index in [1.807, 2.05) is 60.7 Å². The number of fused-ring (bicyclic) bond motifs is 4. The average molecular weight is 466 g/mol. The van der Waals surface area contributed by atoms with Crippen molar-refractivity contribution < 1.29 is 8.81 Å². The number of nitrogens with zero attached hydrogens (tertiary/aromatic N) is 1. The molecule has 0 aliphatic carbocycles. The summed E-state index contributed by atoms with van der Waals surface area (Å²) in [5, 5.41) is 4.49. The van der Waals surface area contributed by atoms with Gasteiger partial charge in [0.25, 0.3) is 0 Å². The Morgan fingerprint density at radius 1 is 0.528 bits per heavy atom. The molecule has 7 rings (SSSR count). The molecule has 0 N–H and O–H groups in total. The van der Waals surface area contributed by atoms with Gasteiger partial charge in [0.1, 0.15) is 17.2 Å². The summed E-state index contributed by atoms with van der Waals surface area (Å²) in [5.41, 5.74) is 5.83. The lowest BCUT2D eigenvalue weighted by molar-refractivity contribution is 0.632. The molecule has 2 aromatic heterocycles. The monoisotopic (exact) mass is 465 g/mol. The third-order valence-corrected chi connectivity index (χ3v) is 6.80. The van der Waals surface area contributed by atoms with E-state index < -0.39 is 0 Å². The molecule has 0 spiro atoms. The highest BCUT2D eigenvalue weighted by Crippen LogP contribution is 2.40. The van der Waals surface area contributed by atoms with Gasteiger partial charge in [-0.1, -0.05) is 84.9 Å². The first kappa shape index (κ1) is 20.6. The molecule has 0 saturated carbocycles. The van der Waals surface area contributed by atoms with Crippen LogP contribution >= 0.6 is 0 Å². The minimum atomic E-state index is -0.218. The largest absolute Gasteiger partial charge is 0.456 e. The number of hydrogen-bond acceptors (Lipinski definition) is 2. The van der Waals surface area contributed by atoms with Crippen LogP contribution in [-0.2, 0) is 0 Å². The van der Waals surface area contributed by atoms with Crippen molar-refractivity contribution in [1.82, 2.24) is 4.98 Å². The van der Waals surface area contributed by atoms with E-state index in [1.54, 1.807) is 12.3 Å². The van der Waals surface area contributed by atoms with Crippen molar-refractivity contribution >= 4 is 32.5 Å². The summed E-state index contributed by atoms with van der Waals surface area (Å²) < 4.78 is 20.9. The Morgan fingerprint density at radius 2 is 1.25 bits per heavy atom. The molecule has 0 fully saturated rings. The lowest BCUT2D eigenvalue weighted by atomic mass is 9.94. The van der Waals surface area contributed by atoms with E-state index in [1.165, 1.54) is 6.07 Å². The number of furan rings is 1. The first-order chi connectivity index (χ1) is 17.8. The highest BCUT2D eigenvalue weighted by atomic mass is 19.1. The number of pyridine rings is 1. The molecule has 7 aromatic rings. The molecule has 0 aliphatic heterocycles. The topological polar surface area (TPSA) is 26.0 Å². The Morgan fingerprint density at radius 3 is 2.06 bits per heavy atom. The van der Waals surface area contributed by atoms with Gasteiger partial charge in [0.2, 0.25) is 0 Å². The second-order valence-electron chi connectivity index (χ2n) is 8.93. The van der Waals surface area contributed by atoms with E-state index in [0.717, 1.165) is 60.8 Å². The quantitative estimate of drug-likeness (QED) is 0.243. The van der Waals surface area contributed by atoms with Crippen LogP contribution in [0.1, 0.15) is 0 Å². The van der Waals surface area contributed by atoms with Gasteiger partial charge in [0.05, 0.1) is 5.69 Å². The number of aromatic nitrogens is 1. The molecule has 170 valence electrons. The first-order valence-electron chi connectivity index (χ1n) is 11.9. The van der Waals surface area contributed by atoms with Crippen molar-refractivity contribution in [3.05, 3.63) is 127 Å². The standard InChI is InChI=1S/C33H20FNO/c34-30-13-7-12-24-25-16-17-35-33(27(25)15-14-26(24)30)23-18-28(21-8-3-1-4-9-21)29-20-31(36-32(29)19-23)22-10-5-2-6-11-22/h1-20H. The van der Waals surface area contributed by atoms with E-state index in [-0.39, 0.29) is 5.82 Å². The fraction of sp³-hybridized carbons (Fsp3) is 0. The molecular weight excluding hydrogens is 445 g/mol. The Kier molecular flexibility index (Phi) is 4.68. The summed E-state index contributed by atoms with van der Waals surface area (Å²) in [6.07, 6.45) is 1.80. The van der Waals surface area contributed by atoms with Crippen molar-refractivity contribution in [3.63, 3.8) is 0 Å². The minimum absolute atomic E-state index is 0.218. The molecule has 0 radical (unpaired) electrons. The molecule has 0 unspecified atom stereocenters. The predicted octanol–water partition coefficient (Wildman–Crippen LogP) is 9.27. The van der Waals surface area contributed by atoms with Gasteiger partial charge < -0.3 is 4.42 Å². The van der Waals surface area contributed by atoms with E-state index in [4.69, 9.17) is 9.40 Å². The van der Waals surface area contributed by atoms with Gasteiger partial charge in [0, 0.05) is 33.5 Å². The van der Waals surface area contributed by atoms with Crippen LogP contribution in [0.5, 0.6) is 0 Å². The maximum Gasteiger partial charge on any atom is 0.136 e. The van der Waals surface area contributed by atoms with E-state index in [9.17, 15) is 4.39 Å². The molecule has 2 heterocycles. The molecule has 0 aliphatic rings. The summed E-state index contributed by atoms with van der Waals surface area (Å²) >= 11 is 0. The maximum atomic E-state index is 14.5. The van der Waals surface area contributed by atoms with Gasteiger partial charge in [-0.15, -0.1) is 0 Å². The zero-order valence-corrected chi connectivity index (χ0v) is 19.3. The van der Waals surface area contributed by atoms with Crippen LogP contribution in [-0.4, -0.2) is 4.98 Å². The normalized spacial score (nSPS) is 11.5. The molecule has 36 heavy (non-hydrogen) atoms. The molecule has 0 atom stereocenters. The second-order valence-corrected chi connectivity index (χ2v) is 8.93. The van der Waals surface area contributed by atoms with Crippen molar-refractivity contribution in [3.8, 4) is 33.7 Å². The third-order valence-electron chi connectivity index (χ3n) is 6.80. The fourth-order valence-electron chi connectivity index (χ4n) is 5.09. The SMILES string of the molecule is Fc1cccc2c1ccc1c(-c3cc(-c4ccccc4)c4cc(-c5ccccc5)oc4c3)nccc12. The Balaban J connectivity index is 1.51. The van der Waals surface area contributed by atoms with Gasteiger partial charge in [0.15, 0.2) is 0 Å². The molecule has 0 amide bonds. The number of hydrogen-bond donors (Lipinski definition) is 0. The predicted molar refractivity (Wildman–Crippen MR) is 145 cm³/mol. The second kappa shape index (κ2) is 8.17. The molecular formula is C33H20FNO. The van der Waals surface area contributed by atoms with Crippen molar-refractivity contribution in [2.45, 2.75) is 0 Å². The van der Waals surface area contributed by atoms with Crippen LogP contribution < -0.4 is 0 Å². The van der Waals surface area contributed by atoms with E-state index >= 15 is 0 Å². The summed E-state index contributed by atoms with van der Waals surface area (Å²) in [5.74, 6) is 0.608. The summed E-state index contributed by atoms with van der Waals surface area (Å²) in [4.78, 5) is 4.78. The Labute approximate surface area is 207 Å². The first-order valence-corrected chi connectivity index (χ1v) is 11.9. The smallest absolute Gasteiger partial charge is 0.136 e. The minimum Gasteiger partial charge on any atom is -0.456 e. The third kappa shape index (κ3) is 3.29. The van der Waals surface area contributed by atoms with Crippen LogP contribution in [0.25, 0.3) is 66.2 Å². The van der Waals surface area contributed by atoms with Crippen LogP contribution in [0.2, 0.25) is 0 Å². The number of benzene rings is 5. The van der Waals surface area contributed by atoms with E-state index in [0.29, 0.717) is 5.39 Å². The van der Waals surface area contributed by atoms with Crippen LogP contribution in [0.4, 0.5) is 4.39 Å². The highest BCUT2D eigenvalue weighted by molar-refractivity contribution is 6.12. The van der Waals surface area contributed by atoms with Crippen LogP contribution in [0, 0.1) is 5.82 Å². The van der Waals surface area contributed by atoms with Gasteiger partial charge in [-0.3, -0.25) is 4.98 Å². The van der Waals surface area contributed by atoms with Gasteiger partial charge in [-0.2, -0.15) is 0 Å². The zero-order chi connectivity index (χ0) is 24.1. The van der Waals surface area contributed by atoms with Crippen molar-refractivity contribution in [1.29, 1.82) is 0 Å². The van der Waals surface area contributed by atoms with Gasteiger partial charge in [-0.25, -0.2) is 4.39 Å². The molecule has 2 nitrogen and oxygen atoms in total.